The highest BCUT2D eigenvalue weighted by Gasteiger charge is 2.43. The molecule has 1 nitrogen and oxygen atoms in total. The van der Waals surface area contributed by atoms with Gasteiger partial charge in [0.15, 0.2) is 0 Å². The van der Waals surface area contributed by atoms with Gasteiger partial charge in [-0.15, -0.1) is 0 Å². The Morgan fingerprint density at radius 1 is 0.500 bits per heavy atom. The quantitative estimate of drug-likeness (QED) is 0.219. The largest absolute Gasteiger partial charge is 0.330 e. The van der Waals surface area contributed by atoms with E-state index in [2.05, 4.69) is 166 Å². The van der Waals surface area contributed by atoms with E-state index in [1.165, 1.54) is 67.0 Å². The van der Waals surface area contributed by atoms with E-state index in [9.17, 15) is 0 Å². The number of nitrogens with zero attached hydrogens (tertiary/aromatic N) is 1. The molecular weight excluding hydrogens is 506 g/mol. The van der Waals surface area contributed by atoms with E-state index >= 15 is 0 Å². The minimum atomic E-state index is -0.129. The second-order valence-corrected chi connectivity index (χ2v) is 12.9. The lowest BCUT2D eigenvalue weighted by molar-refractivity contribution is 0.651. The number of benzene rings is 5. The Balaban J connectivity index is 1.42. The number of hydrogen-bond acceptors (Lipinski definition) is 1. The number of rotatable bonds is 4. The molecule has 0 N–H and O–H groups in total. The first kappa shape index (κ1) is 25.1. The van der Waals surface area contributed by atoms with Gasteiger partial charge in [0.25, 0.3) is 0 Å². The lowest BCUT2D eigenvalue weighted by atomic mass is 9.79. The molecule has 0 saturated carbocycles. The first-order valence-corrected chi connectivity index (χ1v) is 15.1. The van der Waals surface area contributed by atoms with Crippen LogP contribution in [0.1, 0.15) is 55.5 Å². The Bertz CT molecular complexity index is 1830. The highest BCUT2D eigenvalue weighted by atomic mass is 15.2. The fourth-order valence-corrected chi connectivity index (χ4v) is 8.06. The van der Waals surface area contributed by atoms with Crippen molar-refractivity contribution in [3.63, 3.8) is 0 Å². The van der Waals surface area contributed by atoms with Crippen LogP contribution in [0.5, 0.6) is 0 Å². The summed E-state index contributed by atoms with van der Waals surface area (Å²) in [4.78, 5) is 2.65. The van der Waals surface area contributed by atoms with Crippen molar-refractivity contribution in [3.8, 4) is 22.3 Å². The Kier molecular flexibility index (Phi) is 5.35. The van der Waals surface area contributed by atoms with E-state index in [0.717, 1.165) is 0 Å². The SMILES string of the molecule is CC1(C)c2ccccc2-c2cccc(N(c3cccc4c3C(C)(C)c3ccccc3-4)C3C=CC=C3c3ccccc3)c21. The van der Waals surface area contributed by atoms with Gasteiger partial charge in [0, 0.05) is 22.2 Å². The predicted molar refractivity (Wildman–Crippen MR) is 177 cm³/mol. The Hall–Kier alpha value is -4.62. The van der Waals surface area contributed by atoms with Gasteiger partial charge in [-0.2, -0.15) is 0 Å². The van der Waals surface area contributed by atoms with Crippen molar-refractivity contribution >= 4 is 16.9 Å². The summed E-state index contributed by atoms with van der Waals surface area (Å²) in [5, 5.41) is 0. The summed E-state index contributed by atoms with van der Waals surface area (Å²) in [6, 6.07) is 42.7. The molecule has 0 aromatic heterocycles. The topological polar surface area (TPSA) is 3.24 Å². The molecular formula is C41H35N. The molecule has 3 aliphatic carbocycles. The normalized spacial score (nSPS) is 18.2. The zero-order valence-electron chi connectivity index (χ0n) is 24.7. The minimum Gasteiger partial charge on any atom is -0.330 e. The second-order valence-electron chi connectivity index (χ2n) is 12.9. The Morgan fingerprint density at radius 3 is 1.52 bits per heavy atom. The maximum Gasteiger partial charge on any atom is 0.0784 e. The third-order valence-corrected chi connectivity index (χ3v) is 9.91. The van der Waals surface area contributed by atoms with Crippen molar-refractivity contribution in [2.24, 2.45) is 0 Å². The molecule has 1 heteroatoms. The van der Waals surface area contributed by atoms with Crippen molar-refractivity contribution < 1.29 is 0 Å². The van der Waals surface area contributed by atoms with Crippen molar-refractivity contribution in [1.29, 1.82) is 0 Å². The molecule has 0 fully saturated rings. The molecule has 204 valence electrons. The average molecular weight is 542 g/mol. The van der Waals surface area contributed by atoms with Crippen LogP contribution in [0.15, 0.2) is 133 Å². The molecule has 0 amide bonds. The number of hydrogen-bond donors (Lipinski definition) is 0. The average Bonchev–Trinajstić information content (AvgIpc) is 3.66. The van der Waals surface area contributed by atoms with Gasteiger partial charge in [-0.05, 0) is 67.8 Å². The zero-order valence-corrected chi connectivity index (χ0v) is 24.7. The van der Waals surface area contributed by atoms with Gasteiger partial charge in [-0.1, -0.05) is 149 Å². The van der Waals surface area contributed by atoms with E-state index in [-0.39, 0.29) is 16.9 Å². The Morgan fingerprint density at radius 2 is 0.976 bits per heavy atom. The third-order valence-electron chi connectivity index (χ3n) is 9.91. The molecule has 5 aromatic carbocycles. The smallest absolute Gasteiger partial charge is 0.0784 e. The molecule has 42 heavy (non-hydrogen) atoms. The van der Waals surface area contributed by atoms with Crippen LogP contribution in [0.25, 0.3) is 27.8 Å². The molecule has 0 bridgehead atoms. The van der Waals surface area contributed by atoms with Gasteiger partial charge in [-0.3, -0.25) is 0 Å². The van der Waals surface area contributed by atoms with E-state index in [0.29, 0.717) is 0 Å². The van der Waals surface area contributed by atoms with E-state index in [1.807, 2.05) is 0 Å². The van der Waals surface area contributed by atoms with Crippen LogP contribution in [0.4, 0.5) is 11.4 Å². The summed E-state index contributed by atoms with van der Waals surface area (Å²) >= 11 is 0. The fourth-order valence-electron chi connectivity index (χ4n) is 8.06. The van der Waals surface area contributed by atoms with Crippen molar-refractivity contribution in [2.45, 2.75) is 44.6 Å². The third kappa shape index (κ3) is 3.37. The zero-order chi connectivity index (χ0) is 28.6. The molecule has 1 unspecified atom stereocenters. The highest BCUT2D eigenvalue weighted by molar-refractivity contribution is 5.94. The van der Waals surface area contributed by atoms with Crippen molar-refractivity contribution in [2.75, 3.05) is 4.90 Å². The second kappa shape index (κ2) is 8.94. The number of allylic oxidation sites excluding steroid dienone is 2. The van der Waals surface area contributed by atoms with Crippen molar-refractivity contribution in [1.82, 2.24) is 0 Å². The summed E-state index contributed by atoms with van der Waals surface area (Å²) in [7, 11) is 0. The monoisotopic (exact) mass is 541 g/mol. The van der Waals surface area contributed by atoms with Crippen LogP contribution >= 0.6 is 0 Å². The van der Waals surface area contributed by atoms with Gasteiger partial charge >= 0.3 is 0 Å². The maximum atomic E-state index is 2.65. The summed E-state index contributed by atoms with van der Waals surface area (Å²) in [6.45, 7) is 9.58. The van der Waals surface area contributed by atoms with E-state index in [1.54, 1.807) is 0 Å². The molecule has 1 atom stereocenters. The highest BCUT2D eigenvalue weighted by Crippen LogP contribution is 2.57. The first-order valence-electron chi connectivity index (χ1n) is 15.1. The number of anilines is 2. The standard InChI is InChI=1S/C41H35N/c1-40(2)33-22-10-8-17-29(33)31-20-13-25-36(38(31)40)42(35-24-12-19-28(35)27-15-6-5-7-16-27)37-26-14-21-32-30-18-9-11-23-34(30)41(3,4)39(32)37/h5-26,35H,1-4H3. The van der Waals surface area contributed by atoms with Gasteiger partial charge in [-0.25, -0.2) is 0 Å². The molecule has 8 rings (SSSR count). The molecule has 0 radical (unpaired) electrons. The molecule has 3 aliphatic rings. The molecule has 0 saturated heterocycles. The van der Waals surface area contributed by atoms with Crippen LogP contribution in [0.3, 0.4) is 0 Å². The fraction of sp³-hybridized carbons (Fsp3) is 0.171. The molecule has 5 aromatic rings. The summed E-state index contributed by atoms with van der Waals surface area (Å²) < 4.78 is 0. The van der Waals surface area contributed by atoms with Crippen LogP contribution in [-0.4, -0.2) is 6.04 Å². The minimum absolute atomic E-state index is 0.0597. The first-order chi connectivity index (χ1) is 20.4. The van der Waals surface area contributed by atoms with Gasteiger partial charge in [0.2, 0.25) is 0 Å². The van der Waals surface area contributed by atoms with Crippen molar-refractivity contribution in [3.05, 3.63) is 161 Å². The molecule has 0 heterocycles. The lowest BCUT2D eigenvalue weighted by Crippen LogP contribution is -2.34. The lowest BCUT2D eigenvalue weighted by Gasteiger charge is -2.39. The van der Waals surface area contributed by atoms with Crippen LogP contribution < -0.4 is 4.90 Å². The predicted octanol–water partition coefficient (Wildman–Crippen LogP) is 10.5. The maximum absolute atomic E-state index is 2.65. The summed E-state index contributed by atoms with van der Waals surface area (Å²) in [6.07, 6.45) is 6.93. The summed E-state index contributed by atoms with van der Waals surface area (Å²) in [5.74, 6) is 0. The Labute approximate surface area is 249 Å². The van der Waals surface area contributed by atoms with E-state index < -0.39 is 0 Å². The molecule has 0 spiro atoms. The van der Waals surface area contributed by atoms with Gasteiger partial charge in [0.05, 0.1) is 6.04 Å². The van der Waals surface area contributed by atoms with Crippen LogP contribution in [0.2, 0.25) is 0 Å². The number of fused-ring (bicyclic) bond motifs is 6. The van der Waals surface area contributed by atoms with E-state index in [4.69, 9.17) is 0 Å². The molecule has 0 aliphatic heterocycles. The summed E-state index contributed by atoms with van der Waals surface area (Å²) in [5.41, 5.74) is 15.9. The van der Waals surface area contributed by atoms with Gasteiger partial charge < -0.3 is 4.90 Å². The van der Waals surface area contributed by atoms with Crippen LogP contribution in [-0.2, 0) is 10.8 Å². The van der Waals surface area contributed by atoms with Gasteiger partial charge in [0.1, 0.15) is 0 Å². The van der Waals surface area contributed by atoms with Crippen LogP contribution in [0, 0.1) is 0 Å².